The lowest BCUT2D eigenvalue weighted by molar-refractivity contribution is -0.389. The van der Waals surface area contributed by atoms with Crippen LogP contribution in [0.1, 0.15) is 13.8 Å². The smallest absolute Gasteiger partial charge is 0.363 e. The monoisotopic (exact) mass is 303 g/mol. The minimum atomic E-state index is -3.98. The first-order valence-electron chi connectivity index (χ1n) is 5.50. The van der Waals surface area contributed by atoms with Crippen molar-refractivity contribution >= 4 is 21.8 Å². The molecule has 0 fully saturated rings. The highest BCUT2D eigenvalue weighted by Gasteiger charge is 2.26. The number of sulfonamides is 1. The lowest BCUT2D eigenvalue weighted by atomic mass is 10.1. The summed E-state index contributed by atoms with van der Waals surface area (Å²) in [5, 5.41) is 19.2. The van der Waals surface area contributed by atoms with Crippen molar-refractivity contribution in [3.63, 3.8) is 0 Å². The summed E-state index contributed by atoms with van der Waals surface area (Å²) in [6, 6.07) is 1.15. The van der Waals surface area contributed by atoms with Crippen molar-refractivity contribution < 1.29 is 23.2 Å². The topological polar surface area (TPSA) is 140 Å². The zero-order chi connectivity index (χ0) is 15.5. The molecule has 0 saturated heterocycles. The summed E-state index contributed by atoms with van der Waals surface area (Å²) >= 11 is 0. The average molecular weight is 303 g/mol. The Morgan fingerprint density at radius 3 is 2.45 bits per heavy atom. The van der Waals surface area contributed by atoms with Gasteiger partial charge in [0.2, 0.25) is 10.0 Å². The maximum Gasteiger partial charge on any atom is 0.363 e. The lowest BCUT2D eigenvalue weighted by Gasteiger charge is -2.17. The first kappa shape index (κ1) is 16.0. The first-order valence-corrected chi connectivity index (χ1v) is 6.99. The fraction of sp³-hybridized carbons (Fsp3) is 0.400. The van der Waals surface area contributed by atoms with E-state index in [9.17, 15) is 23.3 Å². The van der Waals surface area contributed by atoms with Gasteiger partial charge in [0, 0.05) is 12.1 Å². The number of rotatable bonds is 6. The zero-order valence-electron chi connectivity index (χ0n) is 10.7. The third kappa shape index (κ3) is 3.71. The maximum absolute atomic E-state index is 11.9. The predicted molar refractivity (Wildman–Crippen MR) is 67.5 cm³/mol. The normalized spacial score (nSPS) is 14.5. The molecule has 0 aliphatic heterocycles. The molecule has 2 unspecified atom stereocenters. The van der Waals surface area contributed by atoms with Gasteiger partial charge in [0.15, 0.2) is 6.20 Å². The number of pyridine rings is 1. The second-order valence-corrected chi connectivity index (χ2v) is 5.86. The molecule has 0 aliphatic carbocycles. The Bertz CT molecular complexity index is 612. The van der Waals surface area contributed by atoms with Crippen LogP contribution in [0.15, 0.2) is 23.2 Å². The number of carboxylic acid groups (broad SMARTS) is 1. The van der Waals surface area contributed by atoms with E-state index >= 15 is 0 Å². The van der Waals surface area contributed by atoms with E-state index in [1.54, 1.807) is 0 Å². The fourth-order valence-electron chi connectivity index (χ4n) is 1.27. The zero-order valence-corrected chi connectivity index (χ0v) is 11.5. The summed E-state index contributed by atoms with van der Waals surface area (Å²) in [5.74, 6) is -2.53. The van der Waals surface area contributed by atoms with Gasteiger partial charge < -0.3 is 15.2 Å². The number of nitrogens with one attached hydrogen (secondary N) is 1. The molecule has 0 saturated carbocycles. The molecule has 0 aromatic carbocycles. The third-order valence-corrected chi connectivity index (χ3v) is 4.24. The van der Waals surface area contributed by atoms with Gasteiger partial charge in [-0.3, -0.25) is 4.79 Å². The molecule has 9 nitrogen and oxygen atoms in total. The van der Waals surface area contributed by atoms with Crippen molar-refractivity contribution in [2.45, 2.75) is 24.8 Å². The molecular weight excluding hydrogens is 290 g/mol. The number of carboxylic acids is 1. The predicted octanol–water partition coefficient (Wildman–Crippen LogP) is 0.377. The van der Waals surface area contributed by atoms with E-state index < -0.39 is 38.7 Å². The molecular formula is C10H13N3O6S. The molecule has 10 heteroatoms. The van der Waals surface area contributed by atoms with Crippen molar-refractivity contribution in [2.75, 3.05) is 0 Å². The lowest BCUT2D eigenvalue weighted by Crippen LogP contribution is -2.40. The van der Waals surface area contributed by atoms with Gasteiger partial charge >= 0.3 is 11.8 Å². The van der Waals surface area contributed by atoms with E-state index in [0.717, 1.165) is 18.3 Å². The molecule has 1 aromatic rings. The molecule has 0 spiro atoms. The van der Waals surface area contributed by atoms with Crippen molar-refractivity contribution in [3.8, 4) is 0 Å². The van der Waals surface area contributed by atoms with Crippen LogP contribution in [0.2, 0.25) is 0 Å². The van der Waals surface area contributed by atoms with Crippen molar-refractivity contribution in [1.82, 2.24) is 9.71 Å². The average Bonchev–Trinajstić information content (AvgIpc) is 2.37. The summed E-state index contributed by atoms with van der Waals surface area (Å²) in [7, 11) is -3.98. The summed E-state index contributed by atoms with van der Waals surface area (Å²) < 4.78 is 26.1. The summed E-state index contributed by atoms with van der Waals surface area (Å²) in [6.07, 6.45) is 0.846. The van der Waals surface area contributed by atoms with Gasteiger partial charge in [0.25, 0.3) is 0 Å². The minimum absolute atomic E-state index is 0.271. The van der Waals surface area contributed by atoms with Gasteiger partial charge in [-0.25, -0.2) is 13.1 Å². The van der Waals surface area contributed by atoms with Gasteiger partial charge in [0.05, 0.1) is 5.92 Å². The molecule has 110 valence electrons. The Labute approximate surface area is 114 Å². The van der Waals surface area contributed by atoms with E-state index in [-0.39, 0.29) is 4.90 Å². The molecule has 1 heterocycles. The number of carbonyl (C=O) groups is 1. The highest BCUT2D eigenvalue weighted by molar-refractivity contribution is 7.89. The van der Waals surface area contributed by atoms with Gasteiger partial charge in [-0.1, -0.05) is 6.92 Å². The van der Waals surface area contributed by atoms with Crippen LogP contribution in [-0.4, -0.2) is 35.4 Å². The van der Waals surface area contributed by atoms with E-state index in [1.807, 2.05) is 0 Å². The first-order chi connectivity index (χ1) is 9.15. The van der Waals surface area contributed by atoms with Crippen LogP contribution >= 0.6 is 0 Å². The van der Waals surface area contributed by atoms with Crippen LogP contribution in [0.3, 0.4) is 0 Å². The van der Waals surface area contributed by atoms with E-state index in [4.69, 9.17) is 5.11 Å². The molecule has 0 bridgehead atoms. The van der Waals surface area contributed by atoms with Crippen LogP contribution < -0.4 is 4.72 Å². The molecule has 0 amide bonds. The number of aliphatic carboxylic acids is 1. The molecule has 1 rings (SSSR count). The second-order valence-electron chi connectivity index (χ2n) is 4.15. The fourth-order valence-corrected chi connectivity index (χ4v) is 2.54. The van der Waals surface area contributed by atoms with Crippen LogP contribution in [0.4, 0.5) is 5.82 Å². The van der Waals surface area contributed by atoms with Crippen LogP contribution in [-0.2, 0) is 14.8 Å². The maximum atomic E-state index is 11.9. The molecule has 2 N–H and O–H groups in total. The standard InChI is InChI=1S/C10H13N3O6S/c1-6(10(14)15)7(2)12-20(18,19)8-3-4-9(11-5-8)13(16)17/h3-7,12H,1-2H3,(H,14,15). The van der Waals surface area contributed by atoms with E-state index in [1.165, 1.54) is 13.8 Å². The van der Waals surface area contributed by atoms with Crippen LogP contribution in [0.25, 0.3) is 0 Å². The van der Waals surface area contributed by atoms with Crippen molar-refractivity contribution in [3.05, 3.63) is 28.4 Å². The quantitative estimate of drug-likeness (QED) is 0.571. The van der Waals surface area contributed by atoms with Gasteiger partial charge in [0.1, 0.15) is 4.90 Å². The van der Waals surface area contributed by atoms with E-state index in [0.29, 0.717) is 0 Å². The minimum Gasteiger partial charge on any atom is -0.481 e. The van der Waals surface area contributed by atoms with Gasteiger partial charge in [-0.15, -0.1) is 0 Å². The number of hydrogen-bond acceptors (Lipinski definition) is 6. The van der Waals surface area contributed by atoms with Gasteiger partial charge in [-0.2, -0.15) is 0 Å². The molecule has 2 atom stereocenters. The largest absolute Gasteiger partial charge is 0.481 e. The Morgan fingerprint density at radius 2 is 2.05 bits per heavy atom. The van der Waals surface area contributed by atoms with Crippen molar-refractivity contribution in [1.29, 1.82) is 0 Å². The number of aromatic nitrogens is 1. The molecule has 0 radical (unpaired) electrons. The highest BCUT2D eigenvalue weighted by atomic mass is 32.2. The Morgan fingerprint density at radius 1 is 1.45 bits per heavy atom. The Balaban J connectivity index is 2.94. The molecule has 20 heavy (non-hydrogen) atoms. The molecule has 1 aromatic heterocycles. The van der Waals surface area contributed by atoms with E-state index in [2.05, 4.69) is 9.71 Å². The van der Waals surface area contributed by atoms with Gasteiger partial charge in [-0.05, 0) is 22.9 Å². The highest BCUT2D eigenvalue weighted by Crippen LogP contribution is 2.14. The Hall–Kier alpha value is -2.07. The van der Waals surface area contributed by atoms with Crippen molar-refractivity contribution in [2.24, 2.45) is 5.92 Å². The van der Waals surface area contributed by atoms with Crippen LogP contribution in [0.5, 0.6) is 0 Å². The number of nitrogens with zero attached hydrogens (tertiary/aromatic N) is 2. The summed E-state index contributed by atoms with van der Waals surface area (Å²) in [5.41, 5.74) is 0. The SMILES string of the molecule is CC(NS(=O)(=O)c1ccc([N+](=O)[O-])nc1)C(C)C(=O)O. The summed E-state index contributed by atoms with van der Waals surface area (Å²) in [4.78, 5) is 23.6. The number of nitro groups is 1. The third-order valence-electron chi connectivity index (χ3n) is 2.70. The summed E-state index contributed by atoms with van der Waals surface area (Å²) in [6.45, 7) is 2.78. The number of hydrogen-bond donors (Lipinski definition) is 2. The van der Waals surface area contributed by atoms with Crippen LogP contribution in [0, 0.1) is 16.0 Å². The second kappa shape index (κ2) is 5.92. The Kier molecular flexibility index (Phi) is 4.73. The molecule has 0 aliphatic rings.